The minimum absolute atomic E-state index is 0.0268. The molecule has 0 spiro atoms. The fraction of sp³-hybridized carbons (Fsp3) is 0.273. The molecular formula is C11H13NO3. The van der Waals surface area contributed by atoms with Gasteiger partial charge in [0.25, 0.3) is 0 Å². The van der Waals surface area contributed by atoms with Gasteiger partial charge in [0.05, 0.1) is 26.3 Å². The van der Waals surface area contributed by atoms with E-state index in [1.165, 1.54) is 0 Å². The lowest BCUT2D eigenvalue weighted by molar-refractivity contribution is 0.278. The van der Waals surface area contributed by atoms with Gasteiger partial charge in [-0.1, -0.05) is 0 Å². The quantitative estimate of drug-likeness (QED) is 0.805. The van der Waals surface area contributed by atoms with E-state index in [4.69, 9.17) is 14.6 Å². The van der Waals surface area contributed by atoms with Gasteiger partial charge >= 0.3 is 0 Å². The first-order valence-corrected chi connectivity index (χ1v) is 4.63. The highest BCUT2D eigenvalue weighted by molar-refractivity contribution is 5.91. The lowest BCUT2D eigenvalue weighted by Crippen LogP contribution is -1.87. The molecule has 0 saturated heterocycles. The Bertz CT molecular complexity index is 435. The van der Waals surface area contributed by atoms with E-state index in [0.717, 1.165) is 28.1 Å². The maximum absolute atomic E-state index is 9.05. The van der Waals surface area contributed by atoms with Gasteiger partial charge in [0, 0.05) is 11.1 Å². The highest BCUT2D eigenvalue weighted by Crippen LogP contribution is 2.33. The smallest absolute Gasteiger partial charge is 0.143 e. The molecule has 1 aromatic heterocycles. The summed E-state index contributed by atoms with van der Waals surface area (Å²) in [7, 11) is 3.23. The first-order chi connectivity index (χ1) is 7.30. The summed E-state index contributed by atoms with van der Waals surface area (Å²) in [4.78, 5) is 3.08. The number of ether oxygens (including phenoxy) is 2. The minimum Gasteiger partial charge on any atom is -0.496 e. The molecule has 0 bridgehead atoms. The van der Waals surface area contributed by atoms with Gasteiger partial charge in [0.2, 0.25) is 0 Å². The Labute approximate surface area is 87.4 Å². The molecule has 0 atom stereocenters. The molecule has 0 unspecified atom stereocenters. The summed E-state index contributed by atoms with van der Waals surface area (Å²) in [5, 5.41) is 9.97. The van der Waals surface area contributed by atoms with Crippen molar-refractivity contribution >= 4 is 10.9 Å². The summed E-state index contributed by atoms with van der Waals surface area (Å²) >= 11 is 0. The number of methoxy groups -OCH3 is 2. The van der Waals surface area contributed by atoms with Crippen LogP contribution in [0.25, 0.3) is 10.9 Å². The molecule has 4 heteroatoms. The molecule has 0 aliphatic carbocycles. The molecule has 0 amide bonds. The number of benzene rings is 1. The van der Waals surface area contributed by atoms with E-state index in [9.17, 15) is 0 Å². The summed E-state index contributed by atoms with van der Waals surface area (Å²) < 4.78 is 10.4. The summed E-state index contributed by atoms with van der Waals surface area (Å²) in [6.45, 7) is -0.0268. The number of nitrogens with one attached hydrogen (secondary N) is 1. The van der Waals surface area contributed by atoms with Crippen molar-refractivity contribution in [2.75, 3.05) is 14.2 Å². The van der Waals surface area contributed by atoms with Crippen molar-refractivity contribution in [2.24, 2.45) is 0 Å². The number of aromatic amines is 1. The van der Waals surface area contributed by atoms with Crippen LogP contribution in [0.1, 0.15) is 5.69 Å². The lowest BCUT2D eigenvalue weighted by Gasteiger charge is -2.05. The van der Waals surface area contributed by atoms with Crippen LogP contribution in [0.5, 0.6) is 11.5 Å². The topological polar surface area (TPSA) is 54.5 Å². The second kappa shape index (κ2) is 3.82. The van der Waals surface area contributed by atoms with E-state index in [-0.39, 0.29) is 6.61 Å². The van der Waals surface area contributed by atoms with Gasteiger partial charge in [-0.05, 0) is 18.2 Å². The number of hydrogen-bond acceptors (Lipinski definition) is 3. The number of aliphatic hydroxyl groups excluding tert-OH is 1. The van der Waals surface area contributed by atoms with Crippen molar-refractivity contribution in [3.8, 4) is 11.5 Å². The van der Waals surface area contributed by atoms with E-state index < -0.39 is 0 Å². The number of rotatable bonds is 3. The van der Waals surface area contributed by atoms with E-state index >= 15 is 0 Å². The van der Waals surface area contributed by atoms with Crippen LogP contribution in [0.15, 0.2) is 18.2 Å². The largest absolute Gasteiger partial charge is 0.496 e. The molecule has 4 nitrogen and oxygen atoms in total. The Balaban J connectivity index is 2.71. The highest BCUT2D eigenvalue weighted by Gasteiger charge is 2.10. The van der Waals surface area contributed by atoms with Crippen molar-refractivity contribution < 1.29 is 14.6 Å². The second-order valence-corrected chi connectivity index (χ2v) is 3.21. The molecule has 2 rings (SSSR count). The number of H-pyrrole nitrogens is 1. The molecule has 1 aromatic carbocycles. The first-order valence-electron chi connectivity index (χ1n) is 4.63. The van der Waals surface area contributed by atoms with Gasteiger partial charge in [0.1, 0.15) is 11.5 Å². The Hall–Kier alpha value is -1.68. The normalized spacial score (nSPS) is 10.6. The van der Waals surface area contributed by atoms with Crippen LogP contribution in [0.3, 0.4) is 0 Å². The Kier molecular flexibility index (Phi) is 2.51. The predicted molar refractivity (Wildman–Crippen MR) is 57.3 cm³/mol. The van der Waals surface area contributed by atoms with E-state index in [1.807, 2.05) is 18.2 Å². The molecule has 0 fully saturated rings. The number of fused-ring (bicyclic) bond motifs is 1. The third-order valence-electron chi connectivity index (χ3n) is 2.38. The molecule has 80 valence electrons. The van der Waals surface area contributed by atoms with Gasteiger partial charge in [-0.2, -0.15) is 0 Å². The molecule has 0 saturated carbocycles. The number of aromatic nitrogens is 1. The summed E-state index contributed by atoms with van der Waals surface area (Å²) in [6, 6.07) is 5.53. The molecule has 0 aliphatic heterocycles. The molecule has 2 aromatic rings. The average molecular weight is 207 g/mol. The van der Waals surface area contributed by atoms with Crippen LogP contribution in [0, 0.1) is 0 Å². The predicted octanol–water partition coefficient (Wildman–Crippen LogP) is 1.68. The fourth-order valence-electron chi connectivity index (χ4n) is 1.66. The van der Waals surface area contributed by atoms with Crippen LogP contribution in [0.4, 0.5) is 0 Å². The molecular weight excluding hydrogens is 194 g/mol. The third kappa shape index (κ3) is 1.53. The third-order valence-corrected chi connectivity index (χ3v) is 2.38. The SMILES string of the molecule is COc1ccc(OC)c2[nH]c(CO)cc12. The van der Waals surface area contributed by atoms with Crippen molar-refractivity contribution in [3.63, 3.8) is 0 Å². The molecule has 15 heavy (non-hydrogen) atoms. The van der Waals surface area contributed by atoms with E-state index in [0.29, 0.717) is 0 Å². The lowest BCUT2D eigenvalue weighted by atomic mass is 10.2. The van der Waals surface area contributed by atoms with E-state index in [1.54, 1.807) is 14.2 Å². The molecule has 0 radical (unpaired) electrons. The van der Waals surface area contributed by atoms with Crippen LogP contribution < -0.4 is 9.47 Å². The van der Waals surface area contributed by atoms with Gasteiger partial charge in [0.15, 0.2) is 0 Å². The zero-order chi connectivity index (χ0) is 10.8. The van der Waals surface area contributed by atoms with Crippen LogP contribution in [-0.4, -0.2) is 24.3 Å². The zero-order valence-corrected chi connectivity index (χ0v) is 8.70. The monoisotopic (exact) mass is 207 g/mol. The van der Waals surface area contributed by atoms with Crippen molar-refractivity contribution in [2.45, 2.75) is 6.61 Å². The van der Waals surface area contributed by atoms with E-state index in [2.05, 4.69) is 4.98 Å². The first kappa shape index (κ1) is 9.86. The Morgan fingerprint density at radius 1 is 1.20 bits per heavy atom. The van der Waals surface area contributed by atoms with Crippen LogP contribution >= 0.6 is 0 Å². The second-order valence-electron chi connectivity index (χ2n) is 3.21. The summed E-state index contributed by atoms with van der Waals surface area (Å²) in [5.74, 6) is 1.51. The molecule has 1 heterocycles. The van der Waals surface area contributed by atoms with Crippen LogP contribution in [-0.2, 0) is 6.61 Å². The van der Waals surface area contributed by atoms with Gasteiger partial charge in [-0.15, -0.1) is 0 Å². The minimum atomic E-state index is -0.0268. The summed E-state index contributed by atoms with van der Waals surface area (Å²) in [6.07, 6.45) is 0. The number of aliphatic hydroxyl groups is 1. The number of hydrogen-bond donors (Lipinski definition) is 2. The average Bonchev–Trinajstić information content (AvgIpc) is 2.71. The highest BCUT2D eigenvalue weighted by atomic mass is 16.5. The Morgan fingerprint density at radius 3 is 2.47 bits per heavy atom. The molecule has 2 N–H and O–H groups in total. The van der Waals surface area contributed by atoms with Crippen LogP contribution in [0.2, 0.25) is 0 Å². The van der Waals surface area contributed by atoms with Crippen molar-refractivity contribution in [1.29, 1.82) is 0 Å². The standard InChI is InChI=1S/C11H13NO3/c1-14-9-3-4-10(15-2)11-8(9)5-7(6-13)12-11/h3-5,12-13H,6H2,1-2H3. The zero-order valence-electron chi connectivity index (χ0n) is 8.70. The maximum atomic E-state index is 9.05. The van der Waals surface area contributed by atoms with Gasteiger partial charge in [-0.3, -0.25) is 0 Å². The van der Waals surface area contributed by atoms with Crippen molar-refractivity contribution in [3.05, 3.63) is 23.9 Å². The van der Waals surface area contributed by atoms with Gasteiger partial charge < -0.3 is 19.6 Å². The van der Waals surface area contributed by atoms with Crippen molar-refractivity contribution in [1.82, 2.24) is 4.98 Å². The fourth-order valence-corrected chi connectivity index (χ4v) is 1.66. The maximum Gasteiger partial charge on any atom is 0.143 e. The summed E-state index contributed by atoms with van der Waals surface area (Å²) in [5.41, 5.74) is 1.59. The van der Waals surface area contributed by atoms with Gasteiger partial charge in [-0.25, -0.2) is 0 Å². The Morgan fingerprint density at radius 2 is 1.87 bits per heavy atom. The molecule has 0 aliphatic rings.